The zero-order chi connectivity index (χ0) is 13.5. The molecule has 2 heteroatoms. The molecule has 100 valence electrons. The molecule has 0 amide bonds. The first kappa shape index (κ1) is 13.8. The second-order valence-corrected chi connectivity index (χ2v) is 5.18. The Morgan fingerprint density at radius 2 is 1.63 bits per heavy atom. The van der Waals surface area contributed by atoms with Gasteiger partial charge in [0, 0.05) is 18.9 Å². The Balaban J connectivity index is 1.74. The fourth-order valence-electron chi connectivity index (χ4n) is 2.04. The van der Waals surface area contributed by atoms with E-state index in [2.05, 4.69) is 60.5 Å². The van der Waals surface area contributed by atoms with E-state index in [1.807, 2.05) is 12.4 Å². The summed E-state index contributed by atoms with van der Waals surface area (Å²) in [5.74, 6) is 0.605. The minimum Gasteiger partial charge on any atom is -0.312 e. The highest BCUT2D eigenvalue weighted by Crippen LogP contribution is 2.14. The van der Waals surface area contributed by atoms with Gasteiger partial charge in [0.05, 0.1) is 0 Å². The third-order valence-electron chi connectivity index (χ3n) is 3.32. The van der Waals surface area contributed by atoms with Crippen LogP contribution in [-0.4, -0.2) is 11.5 Å². The molecule has 0 aliphatic rings. The molecule has 0 bridgehead atoms. The van der Waals surface area contributed by atoms with E-state index in [1.54, 1.807) is 0 Å². The highest BCUT2D eigenvalue weighted by atomic mass is 14.8. The molecule has 0 atom stereocenters. The Kier molecular flexibility index (Phi) is 5.10. The van der Waals surface area contributed by atoms with Gasteiger partial charge in [0.2, 0.25) is 0 Å². The van der Waals surface area contributed by atoms with Crippen LogP contribution in [0.5, 0.6) is 0 Å². The predicted octanol–water partition coefficient (Wildman–Crippen LogP) is 3.54. The van der Waals surface area contributed by atoms with Crippen molar-refractivity contribution >= 4 is 0 Å². The van der Waals surface area contributed by atoms with Crippen molar-refractivity contribution in [2.24, 2.45) is 0 Å². The van der Waals surface area contributed by atoms with E-state index in [4.69, 9.17) is 0 Å². The molecule has 0 saturated heterocycles. The highest BCUT2D eigenvalue weighted by molar-refractivity contribution is 5.24. The maximum absolute atomic E-state index is 4.02. The molecule has 1 heterocycles. The smallest absolute Gasteiger partial charge is 0.0270 e. The van der Waals surface area contributed by atoms with E-state index in [0.717, 1.165) is 19.5 Å². The lowest BCUT2D eigenvalue weighted by atomic mass is 10.0. The Morgan fingerprint density at radius 1 is 0.947 bits per heavy atom. The lowest BCUT2D eigenvalue weighted by Crippen LogP contribution is -2.16. The first-order valence-electron chi connectivity index (χ1n) is 6.94. The molecule has 0 aliphatic heterocycles. The molecule has 1 aromatic heterocycles. The molecule has 1 aromatic carbocycles. The zero-order valence-corrected chi connectivity index (χ0v) is 11.8. The maximum atomic E-state index is 4.02. The zero-order valence-electron chi connectivity index (χ0n) is 11.8. The highest BCUT2D eigenvalue weighted by Gasteiger charge is 1.99. The van der Waals surface area contributed by atoms with Gasteiger partial charge in [0.15, 0.2) is 0 Å². The lowest BCUT2D eigenvalue weighted by Gasteiger charge is -2.08. The summed E-state index contributed by atoms with van der Waals surface area (Å²) in [7, 11) is 0. The second-order valence-electron chi connectivity index (χ2n) is 5.18. The van der Waals surface area contributed by atoms with Gasteiger partial charge in [-0.2, -0.15) is 0 Å². The number of hydrogen-bond acceptors (Lipinski definition) is 2. The van der Waals surface area contributed by atoms with Crippen molar-refractivity contribution in [3.8, 4) is 0 Å². The molecule has 1 N–H and O–H groups in total. The van der Waals surface area contributed by atoms with Gasteiger partial charge in [0.1, 0.15) is 0 Å². The van der Waals surface area contributed by atoms with Crippen LogP contribution < -0.4 is 5.32 Å². The molecule has 19 heavy (non-hydrogen) atoms. The summed E-state index contributed by atoms with van der Waals surface area (Å²) in [4.78, 5) is 4.02. The summed E-state index contributed by atoms with van der Waals surface area (Å²) in [6.45, 7) is 6.38. The van der Waals surface area contributed by atoms with Gasteiger partial charge in [-0.15, -0.1) is 0 Å². The molecule has 0 unspecified atom stereocenters. The van der Waals surface area contributed by atoms with Crippen LogP contribution >= 0.6 is 0 Å². The Bertz CT molecular complexity index is 474. The second kappa shape index (κ2) is 7.05. The fourth-order valence-corrected chi connectivity index (χ4v) is 2.04. The van der Waals surface area contributed by atoms with Crippen LogP contribution in [0.2, 0.25) is 0 Å². The summed E-state index contributed by atoms with van der Waals surface area (Å²) in [5, 5.41) is 3.48. The minimum atomic E-state index is 0.605. The maximum Gasteiger partial charge on any atom is 0.0270 e. The number of pyridine rings is 1. The van der Waals surface area contributed by atoms with Crippen LogP contribution in [-0.2, 0) is 13.0 Å². The third kappa shape index (κ3) is 4.49. The quantitative estimate of drug-likeness (QED) is 0.798. The van der Waals surface area contributed by atoms with Crippen molar-refractivity contribution in [1.82, 2.24) is 10.3 Å². The number of nitrogens with zero attached hydrogens (tertiary/aromatic N) is 1. The fraction of sp³-hybridized carbons (Fsp3) is 0.353. The largest absolute Gasteiger partial charge is 0.312 e. The van der Waals surface area contributed by atoms with Gasteiger partial charge in [-0.3, -0.25) is 4.98 Å². The summed E-state index contributed by atoms with van der Waals surface area (Å²) >= 11 is 0. The van der Waals surface area contributed by atoms with Crippen LogP contribution in [0, 0.1) is 0 Å². The molecule has 0 spiro atoms. The normalized spacial score (nSPS) is 10.9. The summed E-state index contributed by atoms with van der Waals surface area (Å²) in [6.07, 6.45) is 4.74. The third-order valence-corrected chi connectivity index (χ3v) is 3.32. The molecule has 0 radical (unpaired) electrons. The molecule has 2 nitrogen and oxygen atoms in total. The molecular formula is C17H22N2. The molecule has 2 aromatic rings. The van der Waals surface area contributed by atoms with E-state index in [0.29, 0.717) is 5.92 Å². The standard InChI is InChI=1S/C17H22N2/c1-14(2)17-5-3-16(4-6-17)13-19-12-9-15-7-10-18-11-8-15/h3-8,10-11,14,19H,9,12-13H2,1-2H3. The topological polar surface area (TPSA) is 24.9 Å². The van der Waals surface area contributed by atoms with Crippen molar-refractivity contribution in [1.29, 1.82) is 0 Å². The van der Waals surface area contributed by atoms with Gasteiger partial charge in [-0.1, -0.05) is 38.1 Å². The average molecular weight is 254 g/mol. The van der Waals surface area contributed by atoms with E-state index in [-0.39, 0.29) is 0 Å². The van der Waals surface area contributed by atoms with Crippen LogP contribution in [0.3, 0.4) is 0 Å². The Morgan fingerprint density at radius 3 is 2.26 bits per heavy atom. The SMILES string of the molecule is CC(C)c1ccc(CNCCc2ccncc2)cc1. The Hall–Kier alpha value is -1.67. The first-order valence-corrected chi connectivity index (χ1v) is 6.94. The van der Waals surface area contributed by atoms with Crippen molar-refractivity contribution < 1.29 is 0 Å². The van der Waals surface area contributed by atoms with Crippen LogP contribution in [0.1, 0.15) is 36.5 Å². The monoisotopic (exact) mass is 254 g/mol. The first-order chi connectivity index (χ1) is 9.25. The van der Waals surface area contributed by atoms with Gasteiger partial charge in [-0.25, -0.2) is 0 Å². The summed E-state index contributed by atoms with van der Waals surface area (Å²) in [6, 6.07) is 13.0. The lowest BCUT2D eigenvalue weighted by molar-refractivity contribution is 0.686. The average Bonchev–Trinajstić information content (AvgIpc) is 2.45. The predicted molar refractivity (Wildman–Crippen MR) is 80.2 cm³/mol. The molecule has 0 fully saturated rings. The summed E-state index contributed by atoms with van der Waals surface area (Å²) < 4.78 is 0. The van der Waals surface area contributed by atoms with Crippen LogP contribution in [0.15, 0.2) is 48.8 Å². The summed E-state index contributed by atoms with van der Waals surface area (Å²) in [5.41, 5.74) is 4.08. The van der Waals surface area contributed by atoms with Crippen molar-refractivity contribution in [3.05, 3.63) is 65.5 Å². The Labute approximate surface area is 115 Å². The molecule has 2 rings (SSSR count). The molecular weight excluding hydrogens is 232 g/mol. The van der Waals surface area contributed by atoms with Gasteiger partial charge >= 0.3 is 0 Å². The number of nitrogens with one attached hydrogen (secondary N) is 1. The molecule has 0 aliphatic carbocycles. The number of benzene rings is 1. The van der Waals surface area contributed by atoms with Crippen LogP contribution in [0.4, 0.5) is 0 Å². The number of hydrogen-bond donors (Lipinski definition) is 1. The van der Waals surface area contributed by atoms with E-state index < -0.39 is 0 Å². The van der Waals surface area contributed by atoms with Crippen molar-refractivity contribution in [2.75, 3.05) is 6.54 Å². The van der Waals surface area contributed by atoms with Crippen molar-refractivity contribution in [2.45, 2.75) is 32.7 Å². The van der Waals surface area contributed by atoms with Crippen LogP contribution in [0.25, 0.3) is 0 Å². The van der Waals surface area contributed by atoms with E-state index in [9.17, 15) is 0 Å². The van der Waals surface area contributed by atoms with E-state index in [1.165, 1.54) is 16.7 Å². The van der Waals surface area contributed by atoms with E-state index >= 15 is 0 Å². The number of aromatic nitrogens is 1. The van der Waals surface area contributed by atoms with Gasteiger partial charge in [0.25, 0.3) is 0 Å². The van der Waals surface area contributed by atoms with Gasteiger partial charge in [-0.05, 0) is 47.7 Å². The number of rotatable bonds is 6. The minimum absolute atomic E-state index is 0.605. The molecule has 0 saturated carbocycles. The van der Waals surface area contributed by atoms with Crippen molar-refractivity contribution in [3.63, 3.8) is 0 Å². The van der Waals surface area contributed by atoms with Gasteiger partial charge < -0.3 is 5.32 Å².